The summed E-state index contributed by atoms with van der Waals surface area (Å²) in [4.78, 5) is 20.6. The number of hydrogen-bond acceptors (Lipinski definition) is 6. The largest absolute Gasteiger partial charge is 0.376 e. The van der Waals surface area contributed by atoms with Gasteiger partial charge in [-0.15, -0.1) is 0 Å². The zero-order chi connectivity index (χ0) is 27.1. The molecule has 0 saturated carbocycles. The SMILES string of the molecule is Cc1ccc(C)c2sc(N(CC3CCCO3)C(=O)c3ccc(S(=O)(=O)N4CCc5ccccc5C4)cc3)nc12. The van der Waals surface area contributed by atoms with E-state index in [0.717, 1.165) is 39.7 Å². The molecule has 0 aliphatic carbocycles. The minimum absolute atomic E-state index is 0.0511. The molecule has 1 saturated heterocycles. The Bertz CT molecular complexity index is 1600. The lowest BCUT2D eigenvalue weighted by Gasteiger charge is -2.28. The van der Waals surface area contributed by atoms with Crippen molar-refractivity contribution in [3.63, 3.8) is 0 Å². The van der Waals surface area contributed by atoms with E-state index in [-0.39, 0.29) is 16.9 Å². The van der Waals surface area contributed by atoms with Gasteiger partial charge in [-0.1, -0.05) is 47.7 Å². The monoisotopic (exact) mass is 561 g/mol. The van der Waals surface area contributed by atoms with Gasteiger partial charge in [0.1, 0.15) is 0 Å². The van der Waals surface area contributed by atoms with Crippen LogP contribution >= 0.6 is 11.3 Å². The van der Waals surface area contributed by atoms with Crippen molar-refractivity contribution in [2.24, 2.45) is 0 Å². The number of carbonyl (C=O) groups excluding carboxylic acids is 1. The molecule has 7 nitrogen and oxygen atoms in total. The fraction of sp³-hybridized carbons (Fsp3) is 0.333. The van der Waals surface area contributed by atoms with Crippen molar-refractivity contribution in [3.8, 4) is 0 Å². The quantitative estimate of drug-likeness (QED) is 0.311. The first kappa shape index (κ1) is 26.1. The molecule has 1 unspecified atom stereocenters. The Morgan fingerprint density at radius 1 is 1.05 bits per heavy atom. The predicted octanol–water partition coefficient (Wildman–Crippen LogP) is 5.49. The predicted molar refractivity (Wildman–Crippen MR) is 154 cm³/mol. The van der Waals surface area contributed by atoms with E-state index < -0.39 is 10.0 Å². The first-order valence-corrected chi connectivity index (χ1v) is 15.5. The topological polar surface area (TPSA) is 79.8 Å². The molecule has 0 N–H and O–H groups in total. The van der Waals surface area contributed by atoms with Crippen LogP contribution in [0.15, 0.2) is 65.6 Å². The molecule has 9 heteroatoms. The molecule has 3 aromatic carbocycles. The number of benzene rings is 3. The van der Waals surface area contributed by atoms with Gasteiger partial charge in [-0.2, -0.15) is 4.31 Å². The second kappa shape index (κ2) is 10.5. The molecule has 2 aliphatic rings. The fourth-order valence-electron chi connectivity index (χ4n) is 5.35. The highest BCUT2D eigenvalue weighted by Crippen LogP contribution is 2.34. The fourth-order valence-corrected chi connectivity index (χ4v) is 7.89. The van der Waals surface area contributed by atoms with Gasteiger partial charge in [-0.05, 0) is 79.6 Å². The molecular formula is C30H31N3O4S2. The first-order chi connectivity index (χ1) is 18.8. The highest BCUT2D eigenvalue weighted by atomic mass is 32.2. The highest BCUT2D eigenvalue weighted by Gasteiger charge is 2.30. The summed E-state index contributed by atoms with van der Waals surface area (Å²) < 4.78 is 35.3. The summed E-state index contributed by atoms with van der Waals surface area (Å²) in [7, 11) is -3.69. The van der Waals surface area contributed by atoms with Crippen LogP contribution in [-0.2, 0) is 27.7 Å². The molecule has 0 bridgehead atoms. The molecule has 6 rings (SSSR count). The van der Waals surface area contributed by atoms with Gasteiger partial charge in [0.2, 0.25) is 10.0 Å². The summed E-state index contributed by atoms with van der Waals surface area (Å²) in [6.07, 6.45) is 2.50. The number of aryl methyl sites for hydroxylation is 2. The second-order valence-corrected chi connectivity index (χ2v) is 13.2. The van der Waals surface area contributed by atoms with Crippen LogP contribution in [0, 0.1) is 13.8 Å². The number of sulfonamides is 1. The van der Waals surface area contributed by atoms with Gasteiger partial charge in [-0.3, -0.25) is 9.69 Å². The molecule has 1 aromatic heterocycles. The minimum Gasteiger partial charge on any atom is -0.376 e. The summed E-state index contributed by atoms with van der Waals surface area (Å²) in [6.45, 7) is 5.96. The molecule has 1 fully saturated rings. The van der Waals surface area contributed by atoms with Crippen molar-refractivity contribution < 1.29 is 17.9 Å². The van der Waals surface area contributed by atoms with E-state index in [0.29, 0.717) is 43.4 Å². The molecule has 0 radical (unpaired) electrons. The highest BCUT2D eigenvalue weighted by molar-refractivity contribution is 7.89. The summed E-state index contributed by atoms with van der Waals surface area (Å²) in [5.74, 6) is -0.212. The van der Waals surface area contributed by atoms with Gasteiger partial charge in [0.25, 0.3) is 5.91 Å². The molecule has 39 heavy (non-hydrogen) atoms. The van der Waals surface area contributed by atoms with Crippen LogP contribution in [0.4, 0.5) is 5.13 Å². The van der Waals surface area contributed by atoms with Crippen LogP contribution in [0.1, 0.15) is 45.5 Å². The zero-order valence-corrected chi connectivity index (χ0v) is 23.7. The number of nitrogens with zero attached hydrogens (tertiary/aromatic N) is 3. The van der Waals surface area contributed by atoms with Gasteiger partial charge < -0.3 is 4.74 Å². The third-order valence-electron chi connectivity index (χ3n) is 7.65. The molecule has 1 amide bonds. The van der Waals surface area contributed by atoms with Crippen LogP contribution in [0.2, 0.25) is 0 Å². The molecule has 1 atom stereocenters. The van der Waals surface area contributed by atoms with E-state index >= 15 is 0 Å². The molecule has 0 spiro atoms. The molecule has 202 valence electrons. The Morgan fingerprint density at radius 3 is 2.51 bits per heavy atom. The average molecular weight is 562 g/mol. The number of fused-ring (bicyclic) bond motifs is 2. The van der Waals surface area contributed by atoms with E-state index in [1.807, 2.05) is 31.2 Å². The van der Waals surface area contributed by atoms with Crippen molar-refractivity contribution in [3.05, 3.63) is 88.5 Å². The van der Waals surface area contributed by atoms with E-state index in [1.165, 1.54) is 21.2 Å². The van der Waals surface area contributed by atoms with Gasteiger partial charge >= 0.3 is 0 Å². The summed E-state index contributed by atoms with van der Waals surface area (Å²) in [6, 6.07) is 18.4. The first-order valence-electron chi connectivity index (χ1n) is 13.3. The van der Waals surface area contributed by atoms with Crippen molar-refractivity contribution in [1.29, 1.82) is 0 Å². The average Bonchev–Trinajstić information content (AvgIpc) is 3.64. The van der Waals surface area contributed by atoms with Gasteiger partial charge in [-0.25, -0.2) is 13.4 Å². The van der Waals surface area contributed by atoms with Crippen molar-refractivity contribution >= 4 is 42.6 Å². The van der Waals surface area contributed by atoms with Gasteiger partial charge in [0.15, 0.2) is 5.13 Å². The van der Waals surface area contributed by atoms with Crippen LogP contribution in [0.25, 0.3) is 10.2 Å². The maximum absolute atomic E-state index is 13.9. The van der Waals surface area contributed by atoms with Crippen molar-refractivity contribution in [2.45, 2.75) is 50.7 Å². The molecular weight excluding hydrogens is 530 g/mol. The lowest BCUT2D eigenvalue weighted by atomic mass is 10.0. The van der Waals surface area contributed by atoms with Crippen molar-refractivity contribution in [1.82, 2.24) is 9.29 Å². The number of rotatable bonds is 6. The molecule has 4 aromatic rings. The number of amides is 1. The minimum atomic E-state index is -3.69. The van der Waals surface area contributed by atoms with Crippen molar-refractivity contribution in [2.75, 3.05) is 24.6 Å². The summed E-state index contributed by atoms with van der Waals surface area (Å²) >= 11 is 1.51. The number of hydrogen-bond donors (Lipinski definition) is 0. The molecule has 2 aliphatic heterocycles. The number of carbonyl (C=O) groups is 1. The van der Waals surface area contributed by atoms with Crippen LogP contribution in [0.5, 0.6) is 0 Å². The lowest BCUT2D eigenvalue weighted by Crippen LogP contribution is -2.37. The van der Waals surface area contributed by atoms with Crippen LogP contribution in [-0.4, -0.2) is 49.4 Å². The third-order valence-corrected chi connectivity index (χ3v) is 10.7. The molecule has 3 heterocycles. The number of anilines is 1. The van der Waals surface area contributed by atoms with E-state index in [2.05, 4.69) is 19.1 Å². The Labute approximate surface area is 233 Å². The standard InChI is InChI=1S/C30H31N3O4S2/c1-20-9-10-21(2)28-27(20)31-30(38-28)33(19-25-8-5-17-37-25)29(34)23-11-13-26(14-12-23)39(35,36)32-16-15-22-6-3-4-7-24(22)18-32/h3-4,6-7,9-14,25H,5,8,15-19H2,1-2H3. The van der Waals surface area contributed by atoms with Crippen LogP contribution in [0.3, 0.4) is 0 Å². The lowest BCUT2D eigenvalue weighted by molar-refractivity contribution is 0.0917. The zero-order valence-electron chi connectivity index (χ0n) is 22.1. The summed E-state index contributed by atoms with van der Waals surface area (Å²) in [5, 5.41) is 0.631. The Balaban J connectivity index is 1.28. The maximum atomic E-state index is 13.9. The smallest absolute Gasteiger partial charge is 0.260 e. The Kier molecular flexibility index (Phi) is 7.01. The number of aromatic nitrogens is 1. The Hall–Kier alpha value is -3.11. The maximum Gasteiger partial charge on any atom is 0.260 e. The summed E-state index contributed by atoms with van der Waals surface area (Å²) in [5.41, 5.74) is 5.74. The third kappa shape index (κ3) is 5.00. The van der Waals surface area contributed by atoms with E-state index in [4.69, 9.17) is 9.72 Å². The Morgan fingerprint density at radius 2 is 1.79 bits per heavy atom. The van der Waals surface area contributed by atoms with Crippen LogP contribution < -0.4 is 4.90 Å². The van der Waals surface area contributed by atoms with Gasteiger partial charge in [0.05, 0.1) is 27.8 Å². The van der Waals surface area contributed by atoms with Gasteiger partial charge in [0, 0.05) is 25.3 Å². The number of ether oxygens (including phenoxy) is 1. The second-order valence-electron chi connectivity index (χ2n) is 10.3. The normalized spacial score (nSPS) is 17.8. The van der Waals surface area contributed by atoms with E-state index in [9.17, 15) is 13.2 Å². The van der Waals surface area contributed by atoms with E-state index in [1.54, 1.807) is 29.2 Å². The number of thiazole rings is 1.